The zero-order valence-corrected chi connectivity index (χ0v) is 25.1. The van der Waals surface area contributed by atoms with Gasteiger partial charge in [0.05, 0.1) is 0 Å². The van der Waals surface area contributed by atoms with Crippen LogP contribution in [-0.2, 0) is 21.7 Å². The number of phenolic OH excluding ortho intramolecular Hbond substituents is 2. The molecule has 0 amide bonds. The van der Waals surface area contributed by atoms with Crippen molar-refractivity contribution in [3.8, 4) is 33.8 Å². The minimum Gasteiger partial charge on any atom is -0.507 e. The van der Waals surface area contributed by atoms with Gasteiger partial charge in [-0.15, -0.1) is 19.3 Å². The maximum atomic E-state index is 9.56. The Morgan fingerprint density at radius 3 is 1.16 bits per heavy atom. The molecule has 0 saturated carbocycles. The van der Waals surface area contributed by atoms with E-state index in [1.54, 1.807) is 12.1 Å². The predicted octanol–water partition coefficient (Wildman–Crippen LogP) is 9.65. The fourth-order valence-electron chi connectivity index (χ4n) is 4.08. The maximum absolute atomic E-state index is 9.56. The van der Waals surface area contributed by atoms with Crippen molar-refractivity contribution in [2.45, 2.75) is 34.6 Å². The van der Waals surface area contributed by atoms with Crippen LogP contribution in [0, 0.1) is 11.5 Å². The van der Waals surface area contributed by atoms with Crippen LogP contribution in [0.1, 0.15) is 34.6 Å². The zero-order chi connectivity index (χ0) is 26.1. The van der Waals surface area contributed by atoms with Crippen molar-refractivity contribution in [2.24, 2.45) is 5.41 Å². The minimum absolute atomic E-state index is 0. The van der Waals surface area contributed by atoms with Crippen LogP contribution in [0.4, 0.5) is 0 Å². The van der Waals surface area contributed by atoms with Crippen LogP contribution in [0.3, 0.4) is 0 Å². The first-order chi connectivity index (χ1) is 17.2. The van der Waals surface area contributed by atoms with Crippen LogP contribution in [-0.4, -0.2) is 10.2 Å². The summed E-state index contributed by atoms with van der Waals surface area (Å²) in [5.74, 6) is 0.655. The summed E-state index contributed by atoms with van der Waals surface area (Å²) in [6.45, 7) is 10.9. The number of allylic oxidation sites excluding steroid dienone is 4. The normalized spacial score (nSPS) is 12.9. The van der Waals surface area contributed by atoms with Crippen LogP contribution in [0.5, 0.6) is 11.5 Å². The van der Waals surface area contributed by atoms with Gasteiger partial charge >= 0.3 is 0 Å². The third kappa shape index (κ3) is 8.77. The number of phenols is 2. The number of para-hydroxylation sites is 2. The van der Waals surface area contributed by atoms with Gasteiger partial charge in [0.15, 0.2) is 0 Å². The second-order valence-electron chi connectivity index (χ2n) is 9.39. The molecule has 2 nitrogen and oxygen atoms in total. The Kier molecular flexibility index (Phi) is 13.4. The number of halogens is 1. The van der Waals surface area contributed by atoms with E-state index in [4.69, 9.17) is 0 Å². The van der Waals surface area contributed by atoms with Gasteiger partial charge in [-0.25, -0.2) is 5.57 Å². The van der Waals surface area contributed by atoms with Crippen LogP contribution in [0.15, 0.2) is 126 Å². The molecule has 0 unspecified atom stereocenters. The Balaban J connectivity index is 0.000000281. The molecule has 196 valence electrons. The van der Waals surface area contributed by atoms with Gasteiger partial charge in [0, 0.05) is 32.8 Å². The average Bonchev–Trinajstić information content (AvgIpc) is 3.07. The largest absolute Gasteiger partial charge is 0.507 e. The molecular weight excluding hydrogens is 524 g/mol. The van der Waals surface area contributed by atoms with E-state index in [0.29, 0.717) is 11.5 Å². The Hall–Kier alpha value is -3.04. The fraction of sp³-hybridized carbons (Fsp3) is 0.176. The molecule has 4 aromatic carbocycles. The van der Waals surface area contributed by atoms with Crippen LogP contribution >= 0.6 is 12.4 Å². The van der Waals surface area contributed by atoms with E-state index in [1.807, 2.05) is 97.1 Å². The molecule has 38 heavy (non-hydrogen) atoms. The number of rotatable bonds is 2. The Labute approximate surface area is 249 Å². The Bertz CT molecular complexity index is 1260. The summed E-state index contributed by atoms with van der Waals surface area (Å²) in [6.07, 6.45) is 3.44. The van der Waals surface area contributed by atoms with Crippen molar-refractivity contribution < 1.29 is 31.9 Å². The molecule has 0 aromatic heterocycles. The standard InChI is InChI=1S/2C12H10O.C10H15.ClH.Ti/c2*13-12-9-5-4-8-11(12)10-6-2-1-3-7-10;1-7-6-10(4,5)9(3)8(7)2;;/h2*1-9,13H;1-5H3;1H;/q;;-1;;. The van der Waals surface area contributed by atoms with Gasteiger partial charge in [-0.2, -0.15) is 11.1 Å². The number of hydrogen-bond donors (Lipinski definition) is 2. The van der Waals surface area contributed by atoms with E-state index in [2.05, 4.69) is 40.7 Å². The summed E-state index contributed by atoms with van der Waals surface area (Å²) >= 11 is 0. The van der Waals surface area contributed by atoms with Crippen molar-refractivity contribution in [1.29, 1.82) is 0 Å². The van der Waals surface area contributed by atoms with Crippen molar-refractivity contribution in [2.75, 3.05) is 0 Å². The summed E-state index contributed by atoms with van der Waals surface area (Å²) in [5, 5.41) is 19.1. The number of hydrogen-bond acceptors (Lipinski definition) is 2. The molecular formula is C34H36ClO2Ti-. The van der Waals surface area contributed by atoms with E-state index in [9.17, 15) is 10.2 Å². The van der Waals surface area contributed by atoms with E-state index in [0.717, 1.165) is 22.3 Å². The van der Waals surface area contributed by atoms with Gasteiger partial charge in [-0.3, -0.25) is 6.08 Å². The smallest absolute Gasteiger partial charge is 0.123 e. The van der Waals surface area contributed by atoms with Crippen LogP contribution < -0.4 is 0 Å². The predicted molar refractivity (Wildman–Crippen MR) is 159 cm³/mol. The summed E-state index contributed by atoms with van der Waals surface area (Å²) in [6, 6.07) is 34.4. The summed E-state index contributed by atoms with van der Waals surface area (Å²) in [5.41, 5.74) is 8.23. The first-order valence-electron chi connectivity index (χ1n) is 12.2. The van der Waals surface area contributed by atoms with Gasteiger partial charge in [0.2, 0.25) is 0 Å². The quantitative estimate of drug-likeness (QED) is 0.190. The number of benzene rings is 4. The first kappa shape index (κ1) is 33.0. The molecule has 1 aliphatic rings. The summed E-state index contributed by atoms with van der Waals surface area (Å²) < 4.78 is 0. The fourth-order valence-corrected chi connectivity index (χ4v) is 4.08. The summed E-state index contributed by atoms with van der Waals surface area (Å²) in [4.78, 5) is 0. The first-order valence-corrected chi connectivity index (χ1v) is 12.2. The van der Waals surface area contributed by atoms with E-state index in [-0.39, 0.29) is 39.5 Å². The van der Waals surface area contributed by atoms with Gasteiger partial charge in [-0.1, -0.05) is 130 Å². The van der Waals surface area contributed by atoms with Gasteiger partial charge < -0.3 is 10.2 Å². The van der Waals surface area contributed by atoms with E-state index in [1.165, 1.54) is 16.7 Å². The Morgan fingerprint density at radius 2 is 0.895 bits per heavy atom. The molecule has 0 spiro atoms. The van der Waals surface area contributed by atoms with Gasteiger partial charge in [0.1, 0.15) is 11.5 Å². The second kappa shape index (κ2) is 15.4. The molecule has 1 aliphatic carbocycles. The zero-order valence-electron chi connectivity index (χ0n) is 22.7. The van der Waals surface area contributed by atoms with Gasteiger partial charge in [0.25, 0.3) is 0 Å². The molecule has 0 atom stereocenters. The third-order valence-electron chi connectivity index (χ3n) is 6.54. The van der Waals surface area contributed by atoms with Crippen molar-refractivity contribution in [3.05, 3.63) is 132 Å². The average molecular weight is 560 g/mol. The third-order valence-corrected chi connectivity index (χ3v) is 6.54. The molecule has 4 heteroatoms. The summed E-state index contributed by atoms with van der Waals surface area (Å²) in [7, 11) is 0. The molecule has 2 N–H and O–H groups in total. The molecule has 0 fully saturated rings. The Morgan fingerprint density at radius 1 is 0.553 bits per heavy atom. The SMILES string of the molecule is CC1=[C-]C(C)(C)C(C)=C1C.Cl.Oc1ccccc1-c1ccccc1.Oc1ccccc1-c1ccccc1.[Ti]. The molecule has 0 aliphatic heterocycles. The van der Waals surface area contributed by atoms with Crippen molar-refractivity contribution in [3.63, 3.8) is 0 Å². The molecule has 0 heterocycles. The van der Waals surface area contributed by atoms with E-state index >= 15 is 0 Å². The maximum Gasteiger partial charge on any atom is 0.123 e. The molecule has 0 saturated heterocycles. The second-order valence-corrected chi connectivity index (χ2v) is 9.39. The molecule has 4 aromatic rings. The number of aromatic hydroxyl groups is 2. The van der Waals surface area contributed by atoms with Crippen molar-refractivity contribution >= 4 is 12.4 Å². The van der Waals surface area contributed by atoms with Crippen LogP contribution in [0.2, 0.25) is 0 Å². The van der Waals surface area contributed by atoms with Gasteiger partial charge in [-0.05, 0) is 23.3 Å². The van der Waals surface area contributed by atoms with Crippen molar-refractivity contribution in [1.82, 2.24) is 0 Å². The molecule has 0 radical (unpaired) electrons. The van der Waals surface area contributed by atoms with Crippen LogP contribution in [0.25, 0.3) is 22.3 Å². The minimum atomic E-state index is 0. The monoisotopic (exact) mass is 559 g/mol. The molecule has 5 rings (SSSR count). The molecule has 0 bridgehead atoms. The van der Waals surface area contributed by atoms with E-state index < -0.39 is 0 Å². The topological polar surface area (TPSA) is 40.5 Å².